The Bertz CT molecular complexity index is 170. The third-order valence-electron chi connectivity index (χ3n) is 0. The van der Waals surface area contributed by atoms with Gasteiger partial charge < -0.3 is 53.2 Å². The molecule has 0 spiro atoms. The van der Waals surface area contributed by atoms with Gasteiger partial charge in [0.25, 0.3) is 0 Å². The summed E-state index contributed by atoms with van der Waals surface area (Å²) in [4.78, 5) is 73.0. The van der Waals surface area contributed by atoms with Crippen molar-refractivity contribution in [2.75, 3.05) is 0 Å². The molecular formula is H3FeNi3O11P3. The van der Waals surface area contributed by atoms with Gasteiger partial charge in [-0.2, -0.15) is 15.6 Å². The van der Waals surface area contributed by atoms with Crippen LogP contribution in [0.25, 0.3) is 0 Å². The van der Waals surface area contributed by atoms with E-state index in [1.807, 2.05) is 0 Å². The maximum absolute atomic E-state index is 8.55. The molecule has 18 heteroatoms. The SMILES string of the molecule is O=P([O-])([O-])[O-].O=P([O-])([O-])[O-].OP(O)O.[Fe].[Ni+2].[Ni+2].[Ni+2]. The van der Waals surface area contributed by atoms with Crippen LogP contribution in [0.3, 0.4) is 0 Å². The Morgan fingerprint density at radius 2 is 0.667 bits per heavy atom. The van der Waals surface area contributed by atoms with Crippen LogP contribution in [0.5, 0.6) is 0 Å². The summed E-state index contributed by atoms with van der Waals surface area (Å²) in [6.07, 6.45) is 0. The van der Waals surface area contributed by atoms with Crippen molar-refractivity contribution in [2.24, 2.45) is 0 Å². The molecule has 11 nitrogen and oxygen atoms in total. The molecule has 18 heavy (non-hydrogen) atoms. The second kappa shape index (κ2) is 21.8. The fourth-order valence-corrected chi connectivity index (χ4v) is 0. The largest absolute Gasteiger partial charge is 2.00 e. The Balaban J connectivity index is -0.0000000183. The van der Waals surface area contributed by atoms with Gasteiger partial charge in [0, 0.05) is 17.1 Å². The van der Waals surface area contributed by atoms with E-state index in [9.17, 15) is 0 Å². The van der Waals surface area contributed by atoms with Gasteiger partial charge in [-0.1, -0.05) is 0 Å². The summed E-state index contributed by atoms with van der Waals surface area (Å²) in [6.45, 7) is 0. The van der Waals surface area contributed by atoms with Gasteiger partial charge in [0.05, 0.1) is 0 Å². The van der Waals surface area contributed by atoms with Gasteiger partial charge in [0.2, 0.25) is 0 Å². The summed E-state index contributed by atoms with van der Waals surface area (Å²) in [7, 11) is -13.4. The second-order valence-electron chi connectivity index (χ2n) is 1.16. The Morgan fingerprint density at radius 3 is 0.667 bits per heavy atom. The van der Waals surface area contributed by atoms with Crippen molar-refractivity contribution < 1.29 is 120 Å². The Kier molecular flexibility index (Phi) is 51.9. The van der Waals surface area contributed by atoms with Gasteiger partial charge in [-0.3, -0.25) is 0 Å². The van der Waals surface area contributed by atoms with Crippen molar-refractivity contribution in [3.05, 3.63) is 0 Å². The zero-order valence-electron chi connectivity index (χ0n) is 7.25. The molecule has 0 heterocycles. The molecule has 0 saturated carbocycles. The fourth-order valence-electron chi connectivity index (χ4n) is 0. The van der Waals surface area contributed by atoms with Crippen LogP contribution >= 0.6 is 24.2 Å². The molecule has 0 rings (SSSR count). The number of rotatable bonds is 0. The number of hydrogen-bond acceptors (Lipinski definition) is 11. The predicted octanol–water partition coefficient (Wildman–Crippen LogP) is -6.47. The van der Waals surface area contributed by atoms with Crippen molar-refractivity contribution >= 4 is 24.2 Å². The monoisotopic (exact) mass is 502 g/mol. The van der Waals surface area contributed by atoms with Gasteiger partial charge in [-0.25, -0.2) is 0 Å². The zero-order valence-corrected chi connectivity index (χ0v) is 14.0. The van der Waals surface area contributed by atoms with E-state index < -0.39 is 24.2 Å². The molecule has 0 atom stereocenters. The first-order valence-corrected chi connectivity index (χ1v) is 6.18. The fraction of sp³-hybridized carbons (Fsp3) is 0. The smallest absolute Gasteiger partial charge is 0.822 e. The minimum Gasteiger partial charge on any atom is -0.822 e. The van der Waals surface area contributed by atoms with Crippen molar-refractivity contribution in [3.63, 3.8) is 0 Å². The van der Waals surface area contributed by atoms with Crippen molar-refractivity contribution in [1.29, 1.82) is 0 Å². The summed E-state index contributed by atoms with van der Waals surface area (Å²) < 4.78 is 17.1. The second-order valence-corrected chi connectivity index (χ2v) is 3.49. The summed E-state index contributed by atoms with van der Waals surface area (Å²) in [5.74, 6) is 0. The maximum atomic E-state index is 8.55. The Morgan fingerprint density at radius 1 is 0.667 bits per heavy atom. The molecule has 0 bridgehead atoms. The molecule has 0 radical (unpaired) electrons. The average Bonchev–Trinajstić information content (AvgIpc) is 1.45. The van der Waals surface area contributed by atoms with Crippen LogP contribution in [0, 0.1) is 0 Å². The van der Waals surface area contributed by atoms with Crippen molar-refractivity contribution in [2.45, 2.75) is 0 Å². The van der Waals surface area contributed by atoms with Crippen LogP contribution in [0.2, 0.25) is 0 Å². The Hall–Kier alpha value is 2.53. The minimum atomic E-state index is -5.39. The average molecular weight is 504 g/mol. The number of hydrogen-bond donors (Lipinski definition) is 3. The van der Waals surface area contributed by atoms with Crippen LogP contribution < -0.4 is 29.4 Å². The van der Waals surface area contributed by atoms with Gasteiger partial charge >= 0.3 is 58.1 Å². The van der Waals surface area contributed by atoms with E-state index in [4.69, 9.17) is 53.2 Å². The van der Waals surface area contributed by atoms with E-state index in [2.05, 4.69) is 0 Å². The summed E-state index contributed by atoms with van der Waals surface area (Å²) in [5.41, 5.74) is 0. The molecular weight excluding hydrogens is 501 g/mol. The molecule has 0 aliphatic rings. The molecule has 0 fully saturated rings. The third kappa shape index (κ3) is 890. The van der Waals surface area contributed by atoms with Crippen LogP contribution in [-0.4, -0.2) is 14.7 Å². The third-order valence-corrected chi connectivity index (χ3v) is 0. The van der Waals surface area contributed by atoms with Crippen LogP contribution in [-0.2, 0) is 75.7 Å². The van der Waals surface area contributed by atoms with Crippen LogP contribution in [0.1, 0.15) is 0 Å². The molecule has 0 aromatic rings. The molecule has 0 aliphatic carbocycles. The molecule has 122 valence electrons. The summed E-state index contributed by atoms with van der Waals surface area (Å²) in [5, 5.41) is 0. The molecule has 0 aromatic carbocycles. The minimum absolute atomic E-state index is 0. The van der Waals surface area contributed by atoms with Gasteiger partial charge in [0.15, 0.2) is 0 Å². The molecule has 0 amide bonds. The first-order chi connectivity index (χ1) is 5.73. The van der Waals surface area contributed by atoms with Gasteiger partial charge in [-0.05, 0) is 0 Å². The maximum Gasteiger partial charge on any atom is 2.00 e. The van der Waals surface area contributed by atoms with E-state index in [-0.39, 0.29) is 66.5 Å². The van der Waals surface area contributed by atoms with E-state index in [1.165, 1.54) is 0 Å². The Labute approximate surface area is 143 Å². The van der Waals surface area contributed by atoms with E-state index in [0.717, 1.165) is 0 Å². The van der Waals surface area contributed by atoms with Gasteiger partial charge in [-0.15, -0.1) is 0 Å². The van der Waals surface area contributed by atoms with Crippen LogP contribution in [0.4, 0.5) is 0 Å². The standard InChI is InChI=1S/Fe.3Ni.2H3O4P.H3O3P/c;;;;2*1-5(2,3)4;1-4(2)3/h;;;;2*(H3,1,2,3,4);1-3H/q;3*+2;;;/p-6. The molecule has 0 aromatic heterocycles. The van der Waals surface area contributed by atoms with E-state index >= 15 is 0 Å². The molecule has 0 unspecified atom stereocenters. The predicted molar refractivity (Wildman–Crippen MR) is 28.8 cm³/mol. The quantitative estimate of drug-likeness (QED) is 0.207. The first kappa shape index (κ1) is 42.8. The summed E-state index contributed by atoms with van der Waals surface area (Å²) in [6, 6.07) is 0. The van der Waals surface area contributed by atoms with E-state index in [1.54, 1.807) is 0 Å². The molecule has 0 aliphatic heterocycles. The zero-order chi connectivity index (χ0) is 12.6. The molecule has 0 saturated heterocycles. The van der Waals surface area contributed by atoms with Gasteiger partial charge in [0.1, 0.15) is 0 Å². The van der Waals surface area contributed by atoms with Crippen molar-refractivity contribution in [1.82, 2.24) is 0 Å². The van der Waals surface area contributed by atoms with Crippen LogP contribution in [0.15, 0.2) is 0 Å². The summed E-state index contributed by atoms with van der Waals surface area (Å²) >= 11 is 0. The first-order valence-electron chi connectivity index (χ1n) is 2.06. The normalized spacial score (nSPS) is 8.56. The van der Waals surface area contributed by atoms with E-state index in [0.29, 0.717) is 0 Å². The van der Waals surface area contributed by atoms with Crippen molar-refractivity contribution in [3.8, 4) is 0 Å². The number of phosphoric acid groups is 2. The topological polar surface area (TPSA) is 233 Å². The molecule has 3 N–H and O–H groups in total.